The Balaban J connectivity index is 2.96. The number of carbonyl (C=O) groups is 1. The Morgan fingerprint density at radius 1 is 1.33 bits per heavy atom. The van der Waals surface area contributed by atoms with E-state index in [1.807, 2.05) is 26.6 Å². The molecule has 1 rings (SSSR count). The first kappa shape index (κ1) is 11.8. The summed E-state index contributed by atoms with van der Waals surface area (Å²) in [5.74, 6) is -0.459. The molecule has 1 aromatic rings. The number of hydrogen-bond donors (Lipinski definition) is 1. The number of phenolic OH excluding ortho intramolecular Hbond substituents is 1. The van der Waals surface area contributed by atoms with Gasteiger partial charge in [0.25, 0.3) is 0 Å². The fourth-order valence-electron chi connectivity index (χ4n) is 1.15. The summed E-state index contributed by atoms with van der Waals surface area (Å²) in [6.45, 7) is 7.65. The van der Waals surface area contributed by atoms with Gasteiger partial charge in [-0.1, -0.05) is 11.6 Å². The number of aryl methyl sites for hydroxylation is 1. The summed E-state index contributed by atoms with van der Waals surface area (Å²) in [4.78, 5) is 11.7. The molecule has 82 valence electrons. The lowest BCUT2D eigenvalue weighted by Crippen LogP contribution is -2.29. The molecule has 0 bridgehead atoms. The monoisotopic (exact) mass is 224 g/mol. The van der Waals surface area contributed by atoms with E-state index in [-0.39, 0.29) is 11.3 Å². The molecule has 0 saturated carbocycles. The zero-order chi connectivity index (χ0) is 11.6. The Kier molecular flexibility index (Phi) is 3.19. The molecule has 0 aliphatic carbocycles. The Labute approximate surface area is 90.8 Å². The predicted octanol–water partition coefficient (Wildman–Crippen LogP) is 2.69. The number of aromatic hydroxyl groups is 1. The zero-order valence-corrected chi connectivity index (χ0v) is 10.5. The van der Waals surface area contributed by atoms with Crippen molar-refractivity contribution < 1.29 is 14.3 Å². The summed E-state index contributed by atoms with van der Waals surface area (Å²) in [7, 11) is -1.90. The van der Waals surface area contributed by atoms with E-state index in [0.29, 0.717) is 0 Å². The van der Waals surface area contributed by atoms with Gasteiger partial charge in [-0.05, 0) is 38.7 Å². The smallest absolute Gasteiger partial charge is 0.328 e. The fourth-order valence-corrected chi connectivity index (χ4v) is 1.81. The minimum atomic E-state index is -1.90. The molecule has 0 fully saturated rings. The maximum absolute atomic E-state index is 11.7. The lowest BCUT2D eigenvalue weighted by molar-refractivity contribution is 0.0721. The van der Waals surface area contributed by atoms with Gasteiger partial charge < -0.3 is 9.53 Å². The van der Waals surface area contributed by atoms with Crippen molar-refractivity contribution in [3.63, 3.8) is 0 Å². The molecule has 0 aromatic heterocycles. The molecule has 0 spiro atoms. The van der Waals surface area contributed by atoms with Gasteiger partial charge in [-0.15, -0.1) is 0 Å². The van der Waals surface area contributed by atoms with Crippen LogP contribution in [0.5, 0.6) is 5.75 Å². The lowest BCUT2D eigenvalue weighted by atomic mass is 10.1. The molecule has 1 aromatic carbocycles. The van der Waals surface area contributed by atoms with Crippen LogP contribution in [0, 0.1) is 6.92 Å². The van der Waals surface area contributed by atoms with Crippen molar-refractivity contribution in [2.24, 2.45) is 0 Å². The molecule has 0 atom stereocenters. The van der Waals surface area contributed by atoms with Gasteiger partial charge in [0.2, 0.25) is 8.32 Å². The highest BCUT2D eigenvalue weighted by Gasteiger charge is 2.22. The molecule has 4 heteroatoms. The lowest BCUT2D eigenvalue weighted by Gasteiger charge is -2.17. The van der Waals surface area contributed by atoms with E-state index < -0.39 is 14.3 Å². The summed E-state index contributed by atoms with van der Waals surface area (Å²) in [6, 6.07) is 4.90. The van der Waals surface area contributed by atoms with Gasteiger partial charge in [0.15, 0.2) is 0 Å². The maximum atomic E-state index is 11.7. The van der Waals surface area contributed by atoms with E-state index in [1.54, 1.807) is 12.1 Å². The van der Waals surface area contributed by atoms with Crippen molar-refractivity contribution in [1.29, 1.82) is 0 Å². The number of phenols is 1. The van der Waals surface area contributed by atoms with E-state index in [4.69, 9.17) is 4.43 Å². The van der Waals surface area contributed by atoms with Gasteiger partial charge >= 0.3 is 5.97 Å². The van der Waals surface area contributed by atoms with Crippen LogP contribution >= 0.6 is 0 Å². The average Bonchev–Trinajstić information content (AvgIpc) is 2.06. The Hall–Kier alpha value is -1.29. The maximum Gasteiger partial charge on any atom is 0.328 e. The van der Waals surface area contributed by atoms with E-state index in [2.05, 4.69) is 0 Å². The SMILES string of the molecule is Cc1ccc(O)c(C(=O)O[Si](C)(C)C)c1. The van der Waals surface area contributed by atoms with E-state index in [1.165, 1.54) is 6.07 Å². The van der Waals surface area contributed by atoms with Gasteiger partial charge in [-0.2, -0.15) is 0 Å². The summed E-state index contributed by atoms with van der Waals surface area (Å²) in [5, 5.41) is 9.52. The number of hydrogen-bond acceptors (Lipinski definition) is 3. The molecule has 0 heterocycles. The first-order valence-electron chi connectivity index (χ1n) is 4.82. The van der Waals surface area contributed by atoms with Crippen molar-refractivity contribution in [3.8, 4) is 5.75 Å². The van der Waals surface area contributed by atoms with Crippen LogP contribution in [0.25, 0.3) is 0 Å². The van der Waals surface area contributed by atoms with Crippen LogP contribution in [0.2, 0.25) is 19.6 Å². The summed E-state index contributed by atoms with van der Waals surface area (Å²) in [5.41, 5.74) is 1.17. The molecular weight excluding hydrogens is 208 g/mol. The number of carbonyl (C=O) groups excluding carboxylic acids is 1. The summed E-state index contributed by atoms with van der Waals surface area (Å²) in [6.07, 6.45) is 0. The van der Waals surface area contributed by atoms with E-state index in [0.717, 1.165) is 5.56 Å². The second kappa shape index (κ2) is 4.06. The molecule has 0 amide bonds. The van der Waals surface area contributed by atoms with Gasteiger partial charge in [0, 0.05) is 0 Å². The standard InChI is InChI=1S/C11H16O3Si/c1-8-5-6-10(12)9(7-8)11(13)14-15(2,3)4/h5-7,12H,1-4H3. The van der Waals surface area contributed by atoms with Crippen LogP contribution in [0.15, 0.2) is 18.2 Å². The van der Waals surface area contributed by atoms with Crippen molar-refractivity contribution in [2.45, 2.75) is 26.6 Å². The van der Waals surface area contributed by atoms with E-state index >= 15 is 0 Å². The number of benzene rings is 1. The quantitative estimate of drug-likeness (QED) is 0.786. The van der Waals surface area contributed by atoms with E-state index in [9.17, 15) is 9.90 Å². The second-order valence-electron chi connectivity index (χ2n) is 4.52. The van der Waals surface area contributed by atoms with Crippen molar-refractivity contribution in [3.05, 3.63) is 29.3 Å². The van der Waals surface area contributed by atoms with Gasteiger partial charge in [0.05, 0.1) is 0 Å². The minimum Gasteiger partial charge on any atom is -0.516 e. The molecule has 3 nitrogen and oxygen atoms in total. The van der Waals surface area contributed by atoms with Crippen LogP contribution in [-0.2, 0) is 4.43 Å². The molecule has 0 aliphatic rings. The Morgan fingerprint density at radius 3 is 2.47 bits per heavy atom. The largest absolute Gasteiger partial charge is 0.516 e. The third-order valence-corrected chi connectivity index (χ3v) is 2.57. The first-order valence-corrected chi connectivity index (χ1v) is 8.23. The third kappa shape index (κ3) is 3.40. The van der Waals surface area contributed by atoms with Gasteiger partial charge in [-0.3, -0.25) is 0 Å². The van der Waals surface area contributed by atoms with Crippen LogP contribution in [0.4, 0.5) is 0 Å². The van der Waals surface area contributed by atoms with Crippen molar-refractivity contribution in [2.75, 3.05) is 0 Å². The number of rotatable bonds is 2. The average molecular weight is 224 g/mol. The molecule has 15 heavy (non-hydrogen) atoms. The van der Waals surface area contributed by atoms with Crippen molar-refractivity contribution in [1.82, 2.24) is 0 Å². The normalized spacial score (nSPS) is 11.2. The summed E-state index contributed by atoms with van der Waals surface area (Å²) < 4.78 is 5.30. The highest BCUT2D eigenvalue weighted by Crippen LogP contribution is 2.20. The van der Waals surface area contributed by atoms with Crippen LogP contribution < -0.4 is 0 Å². The topological polar surface area (TPSA) is 46.5 Å². The third-order valence-electron chi connectivity index (χ3n) is 1.77. The minimum absolute atomic E-state index is 0.0242. The predicted molar refractivity (Wildman–Crippen MR) is 61.6 cm³/mol. The highest BCUT2D eigenvalue weighted by atomic mass is 28.4. The second-order valence-corrected chi connectivity index (χ2v) is 8.95. The molecule has 0 unspecified atom stereocenters. The molecule has 0 radical (unpaired) electrons. The Bertz CT molecular complexity index is 380. The molecule has 1 N–H and O–H groups in total. The molecule has 0 aliphatic heterocycles. The van der Waals surface area contributed by atoms with Crippen LogP contribution in [0.1, 0.15) is 15.9 Å². The van der Waals surface area contributed by atoms with Crippen LogP contribution in [-0.4, -0.2) is 19.4 Å². The first-order chi connectivity index (χ1) is 6.79. The van der Waals surface area contributed by atoms with Crippen LogP contribution in [0.3, 0.4) is 0 Å². The Morgan fingerprint density at radius 2 is 1.93 bits per heavy atom. The van der Waals surface area contributed by atoms with Gasteiger partial charge in [-0.25, -0.2) is 4.79 Å². The molecular formula is C11H16O3Si. The highest BCUT2D eigenvalue weighted by molar-refractivity contribution is 6.71. The van der Waals surface area contributed by atoms with Crippen molar-refractivity contribution >= 4 is 14.3 Å². The van der Waals surface area contributed by atoms with Gasteiger partial charge in [0.1, 0.15) is 11.3 Å². The molecule has 0 saturated heterocycles. The fraction of sp³-hybridized carbons (Fsp3) is 0.364. The zero-order valence-electron chi connectivity index (χ0n) is 9.50. The summed E-state index contributed by atoms with van der Waals surface area (Å²) >= 11 is 0.